The van der Waals surface area contributed by atoms with E-state index in [9.17, 15) is 0 Å². The summed E-state index contributed by atoms with van der Waals surface area (Å²) in [5, 5.41) is 7.62. The van der Waals surface area contributed by atoms with Gasteiger partial charge in [0, 0.05) is 12.1 Å². The number of hydrogen-bond acceptors (Lipinski definition) is 5. The maximum atomic E-state index is 7.62. The van der Waals surface area contributed by atoms with Crippen LogP contribution in [0, 0.1) is 5.41 Å². The summed E-state index contributed by atoms with van der Waals surface area (Å²) < 4.78 is 20.3. The fourth-order valence-corrected chi connectivity index (χ4v) is 1.32. The van der Waals surface area contributed by atoms with Crippen LogP contribution in [0.2, 0.25) is 0 Å². The van der Waals surface area contributed by atoms with Crippen LogP contribution in [0.1, 0.15) is 5.56 Å². The standard InChI is InChI=1S/C11H15NO4/c1-13-8-6-10(15-3)9(14-2)5-7(8)11(12)16-4/h5-6,12H,1-4H3. The van der Waals surface area contributed by atoms with Crippen LogP contribution < -0.4 is 14.2 Å². The fraction of sp³-hybridized carbons (Fsp3) is 0.364. The Kier molecular flexibility index (Phi) is 3.99. The maximum Gasteiger partial charge on any atom is 0.216 e. The third-order valence-corrected chi connectivity index (χ3v) is 2.15. The SMILES string of the molecule is COC(=N)c1cc(OC)c(OC)cc1OC. The van der Waals surface area contributed by atoms with Gasteiger partial charge < -0.3 is 18.9 Å². The second-order valence-corrected chi connectivity index (χ2v) is 2.94. The van der Waals surface area contributed by atoms with Gasteiger partial charge in [-0.05, 0) is 0 Å². The fourth-order valence-electron chi connectivity index (χ4n) is 1.32. The van der Waals surface area contributed by atoms with Crippen LogP contribution in [0.3, 0.4) is 0 Å². The highest BCUT2D eigenvalue weighted by molar-refractivity contribution is 5.95. The van der Waals surface area contributed by atoms with Gasteiger partial charge in [0.15, 0.2) is 11.5 Å². The van der Waals surface area contributed by atoms with Gasteiger partial charge in [0.2, 0.25) is 5.90 Å². The van der Waals surface area contributed by atoms with Gasteiger partial charge in [-0.3, -0.25) is 5.41 Å². The number of methoxy groups -OCH3 is 4. The van der Waals surface area contributed by atoms with E-state index >= 15 is 0 Å². The average molecular weight is 225 g/mol. The molecule has 1 N–H and O–H groups in total. The number of hydrogen-bond donors (Lipinski definition) is 1. The molecule has 88 valence electrons. The maximum absolute atomic E-state index is 7.62. The molecule has 0 aliphatic carbocycles. The van der Waals surface area contributed by atoms with Gasteiger partial charge in [0.25, 0.3) is 0 Å². The van der Waals surface area contributed by atoms with Crippen LogP contribution in [0.25, 0.3) is 0 Å². The molecule has 0 amide bonds. The predicted octanol–water partition coefficient (Wildman–Crippen LogP) is 1.68. The first kappa shape index (κ1) is 12.2. The third kappa shape index (κ3) is 2.18. The minimum atomic E-state index is 0.0119. The lowest BCUT2D eigenvalue weighted by atomic mass is 10.1. The molecule has 5 heteroatoms. The molecule has 0 aromatic heterocycles. The Bertz CT molecular complexity index is 390. The summed E-state index contributed by atoms with van der Waals surface area (Å²) in [4.78, 5) is 0. The zero-order valence-electron chi connectivity index (χ0n) is 9.79. The van der Waals surface area contributed by atoms with Crippen LogP contribution in [0.15, 0.2) is 12.1 Å². The molecule has 0 spiro atoms. The minimum absolute atomic E-state index is 0.0119. The summed E-state index contributed by atoms with van der Waals surface area (Å²) in [5.74, 6) is 1.59. The van der Waals surface area contributed by atoms with Crippen LogP contribution in [0.5, 0.6) is 17.2 Å². The largest absolute Gasteiger partial charge is 0.496 e. The molecular formula is C11H15NO4. The van der Waals surface area contributed by atoms with E-state index in [-0.39, 0.29) is 5.90 Å². The summed E-state index contributed by atoms with van der Waals surface area (Å²) in [7, 11) is 6.02. The van der Waals surface area contributed by atoms with E-state index in [2.05, 4.69) is 0 Å². The lowest BCUT2D eigenvalue weighted by Crippen LogP contribution is -2.05. The summed E-state index contributed by atoms with van der Waals surface area (Å²) in [6.45, 7) is 0. The molecule has 0 saturated carbocycles. The zero-order valence-corrected chi connectivity index (χ0v) is 9.79. The van der Waals surface area contributed by atoms with E-state index in [0.717, 1.165) is 0 Å². The molecule has 0 bridgehead atoms. The van der Waals surface area contributed by atoms with Gasteiger partial charge in [0.05, 0.1) is 34.0 Å². The highest BCUT2D eigenvalue weighted by atomic mass is 16.5. The van der Waals surface area contributed by atoms with E-state index < -0.39 is 0 Å². The number of benzene rings is 1. The molecular weight excluding hydrogens is 210 g/mol. The zero-order chi connectivity index (χ0) is 12.1. The molecule has 0 aliphatic rings. The van der Waals surface area contributed by atoms with Crippen molar-refractivity contribution >= 4 is 5.90 Å². The molecule has 0 radical (unpaired) electrons. The predicted molar refractivity (Wildman–Crippen MR) is 59.9 cm³/mol. The first-order valence-electron chi connectivity index (χ1n) is 4.60. The Balaban J connectivity index is 3.31. The molecule has 0 saturated heterocycles. The monoisotopic (exact) mass is 225 g/mol. The summed E-state index contributed by atoms with van der Waals surface area (Å²) >= 11 is 0. The second-order valence-electron chi connectivity index (χ2n) is 2.94. The average Bonchev–Trinajstić information content (AvgIpc) is 2.35. The minimum Gasteiger partial charge on any atom is -0.496 e. The molecule has 1 aromatic carbocycles. The van der Waals surface area contributed by atoms with Gasteiger partial charge in [-0.2, -0.15) is 0 Å². The lowest BCUT2D eigenvalue weighted by molar-refractivity contribution is 0.346. The molecule has 5 nitrogen and oxygen atoms in total. The second kappa shape index (κ2) is 5.25. The normalized spacial score (nSPS) is 9.50. The van der Waals surface area contributed by atoms with Crippen molar-refractivity contribution in [3.63, 3.8) is 0 Å². The Hall–Kier alpha value is -1.91. The highest BCUT2D eigenvalue weighted by Gasteiger charge is 2.15. The van der Waals surface area contributed by atoms with Gasteiger partial charge in [-0.15, -0.1) is 0 Å². The molecule has 0 heterocycles. The molecule has 0 atom stereocenters. The Morgan fingerprint density at radius 3 is 1.81 bits per heavy atom. The van der Waals surface area contributed by atoms with Gasteiger partial charge in [-0.1, -0.05) is 0 Å². The van der Waals surface area contributed by atoms with Crippen molar-refractivity contribution in [1.29, 1.82) is 5.41 Å². The van der Waals surface area contributed by atoms with Crippen molar-refractivity contribution in [2.45, 2.75) is 0 Å². The van der Waals surface area contributed by atoms with Crippen molar-refractivity contribution in [1.82, 2.24) is 0 Å². The number of ether oxygens (including phenoxy) is 4. The molecule has 16 heavy (non-hydrogen) atoms. The van der Waals surface area contributed by atoms with Gasteiger partial charge >= 0.3 is 0 Å². The highest BCUT2D eigenvalue weighted by Crippen LogP contribution is 2.34. The van der Waals surface area contributed by atoms with E-state index in [1.54, 1.807) is 19.2 Å². The Morgan fingerprint density at radius 2 is 1.38 bits per heavy atom. The van der Waals surface area contributed by atoms with Crippen molar-refractivity contribution in [2.24, 2.45) is 0 Å². The van der Waals surface area contributed by atoms with Crippen molar-refractivity contribution in [3.05, 3.63) is 17.7 Å². The molecule has 0 fully saturated rings. The third-order valence-electron chi connectivity index (χ3n) is 2.15. The van der Waals surface area contributed by atoms with Crippen molar-refractivity contribution in [3.8, 4) is 17.2 Å². The van der Waals surface area contributed by atoms with Crippen molar-refractivity contribution in [2.75, 3.05) is 28.4 Å². The summed E-state index contributed by atoms with van der Waals surface area (Å²) in [5.41, 5.74) is 0.516. The molecule has 0 aliphatic heterocycles. The molecule has 1 aromatic rings. The van der Waals surface area contributed by atoms with Crippen LogP contribution in [-0.2, 0) is 4.74 Å². The topological polar surface area (TPSA) is 60.8 Å². The smallest absolute Gasteiger partial charge is 0.216 e. The van der Waals surface area contributed by atoms with Crippen molar-refractivity contribution < 1.29 is 18.9 Å². The molecule has 1 rings (SSSR count). The van der Waals surface area contributed by atoms with E-state index in [0.29, 0.717) is 22.8 Å². The van der Waals surface area contributed by atoms with Gasteiger partial charge in [-0.25, -0.2) is 0 Å². The van der Waals surface area contributed by atoms with Crippen LogP contribution in [0.4, 0.5) is 0 Å². The van der Waals surface area contributed by atoms with E-state index in [4.69, 9.17) is 24.4 Å². The molecule has 0 unspecified atom stereocenters. The lowest BCUT2D eigenvalue weighted by Gasteiger charge is -2.13. The summed E-state index contributed by atoms with van der Waals surface area (Å²) in [6, 6.07) is 3.30. The Morgan fingerprint density at radius 1 is 0.875 bits per heavy atom. The summed E-state index contributed by atoms with van der Waals surface area (Å²) in [6.07, 6.45) is 0. The number of nitrogens with one attached hydrogen (secondary N) is 1. The van der Waals surface area contributed by atoms with Crippen LogP contribution >= 0.6 is 0 Å². The quantitative estimate of drug-likeness (QED) is 0.625. The van der Waals surface area contributed by atoms with E-state index in [1.807, 2.05) is 0 Å². The first-order valence-corrected chi connectivity index (χ1v) is 4.60. The van der Waals surface area contributed by atoms with E-state index in [1.165, 1.54) is 21.3 Å². The Labute approximate surface area is 94.4 Å². The first-order chi connectivity index (χ1) is 7.67. The van der Waals surface area contributed by atoms with Crippen LogP contribution in [-0.4, -0.2) is 34.3 Å². The van der Waals surface area contributed by atoms with Gasteiger partial charge in [0.1, 0.15) is 5.75 Å². The number of rotatable bonds is 4.